The van der Waals surface area contributed by atoms with E-state index in [-0.39, 0.29) is 35.1 Å². The number of esters is 2. The van der Waals surface area contributed by atoms with Gasteiger partial charge in [0.1, 0.15) is 17.1 Å². The van der Waals surface area contributed by atoms with Gasteiger partial charge in [0.2, 0.25) is 0 Å². The van der Waals surface area contributed by atoms with Crippen LogP contribution >= 0.6 is 0 Å². The third-order valence-corrected chi connectivity index (χ3v) is 9.02. The van der Waals surface area contributed by atoms with E-state index >= 15 is 0 Å². The average Bonchev–Trinajstić information content (AvgIpc) is 2.97. The predicted octanol–water partition coefficient (Wildman–Crippen LogP) is 3.08. The van der Waals surface area contributed by atoms with Crippen LogP contribution in [0.2, 0.25) is 0 Å². The van der Waals surface area contributed by atoms with Crippen LogP contribution in [-0.4, -0.2) is 35.9 Å². The highest BCUT2D eigenvalue weighted by Crippen LogP contribution is 2.73. The summed E-state index contributed by atoms with van der Waals surface area (Å²) in [7, 11) is 1.47. The first-order valence-corrected chi connectivity index (χ1v) is 10.1. The van der Waals surface area contributed by atoms with Crippen LogP contribution in [-0.2, 0) is 19.1 Å². The lowest BCUT2D eigenvalue weighted by Gasteiger charge is -2.60. The molecular formula is C21H32O5. The number of methoxy groups -OCH3 is 1. The van der Waals surface area contributed by atoms with Gasteiger partial charge in [-0.25, -0.2) is 0 Å². The summed E-state index contributed by atoms with van der Waals surface area (Å²) in [6, 6.07) is 0. The maximum atomic E-state index is 12.7. The van der Waals surface area contributed by atoms with Gasteiger partial charge in [-0.3, -0.25) is 9.59 Å². The highest BCUT2D eigenvalue weighted by atomic mass is 16.6. The molecule has 1 spiro atoms. The van der Waals surface area contributed by atoms with Crippen molar-refractivity contribution in [2.24, 2.45) is 34.0 Å². The molecule has 0 aromatic heterocycles. The maximum absolute atomic E-state index is 12.7. The van der Waals surface area contributed by atoms with Crippen molar-refractivity contribution in [2.45, 2.75) is 77.9 Å². The van der Waals surface area contributed by atoms with Crippen molar-refractivity contribution >= 4 is 11.9 Å². The quantitative estimate of drug-likeness (QED) is 0.762. The van der Waals surface area contributed by atoms with Gasteiger partial charge < -0.3 is 14.6 Å². The highest BCUT2D eigenvalue weighted by Gasteiger charge is 2.79. The molecule has 1 saturated heterocycles. The molecule has 3 aliphatic carbocycles. The zero-order valence-electron chi connectivity index (χ0n) is 16.6. The third-order valence-electron chi connectivity index (χ3n) is 9.02. The highest BCUT2D eigenvalue weighted by molar-refractivity contribution is 5.83. The Morgan fingerprint density at radius 2 is 1.92 bits per heavy atom. The van der Waals surface area contributed by atoms with Crippen molar-refractivity contribution in [3.8, 4) is 0 Å². The van der Waals surface area contributed by atoms with Crippen molar-refractivity contribution in [1.29, 1.82) is 0 Å². The minimum atomic E-state index is -0.790. The van der Waals surface area contributed by atoms with Crippen LogP contribution in [0.1, 0.15) is 66.2 Å². The Bertz CT molecular complexity index is 659. The first kappa shape index (κ1) is 18.3. The van der Waals surface area contributed by atoms with Gasteiger partial charge in [-0.05, 0) is 56.3 Å². The van der Waals surface area contributed by atoms with E-state index in [1.54, 1.807) is 0 Å². The Balaban J connectivity index is 1.79. The monoisotopic (exact) mass is 364 g/mol. The fourth-order valence-electron chi connectivity index (χ4n) is 7.60. The molecule has 4 aliphatic rings. The number of fused-ring (bicyclic) bond motifs is 3. The van der Waals surface area contributed by atoms with Crippen molar-refractivity contribution in [1.82, 2.24) is 0 Å². The van der Waals surface area contributed by atoms with E-state index in [9.17, 15) is 14.7 Å². The van der Waals surface area contributed by atoms with Crippen LogP contribution in [0.5, 0.6) is 0 Å². The smallest absolute Gasteiger partial charge is 0.315 e. The Morgan fingerprint density at radius 3 is 2.54 bits per heavy atom. The first-order valence-electron chi connectivity index (χ1n) is 10.1. The van der Waals surface area contributed by atoms with Crippen LogP contribution in [0.25, 0.3) is 0 Å². The lowest BCUT2D eigenvalue weighted by Crippen LogP contribution is -2.61. The normalized spacial score (nSPS) is 52.4. The molecule has 5 nitrogen and oxygen atoms in total. The first-order chi connectivity index (χ1) is 12.1. The van der Waals surface area contributed by atoms with Gasteiger partial charge in [0.05, 0.1) is 12.5 Å². The fraction of sp³-hybridized carbons (Fsp3) is 0.905. The van der Waals surface area contributed by atoms with Gasteiger partial charge in [0, 0.05) is 5.92 Å². The van der Waals surface area contributed by atoms with Gasteiger partial charge in [-0.2, -0.15) is 0 Å². The number of hydrogen-bond acceptors (Lipinski definition) is 5. The van der Waals surface area contributed by atoms with Gasteiger partial charge in [-0.1, -0.05) is 27.2 Å². The summed E-state index contributed by atoms with van der Waals surface area (Å²) in [5, 5.41) is 11.3. The van der Waals surface area contributed by atoms with E-state index in [0.29, 0.717) is 12.8 Å². The predicted molar refractivity (Wildman–Crippen MR) is 95.0 cm³/mol. The van der Waals surface area contributed by atoms with Crippen LogP contribution < -0.4 is 0 Å². The van der Waals surface area contributed by atoms with Crippen LogP contribution in [0.3, 0.4) is 0 Å². The molecule has 0 aromatic rings. The zero-order chi connectivity index (χ0) is 19.1. The zero-order valence-corrected chi connectivity index (χ0v) is 16.6. The van der Waals surface area contributed by atoms with Crippen LogP contribution in [0.4, 0.5) is 0 Å². The number of aliphatic hydroxyl groups excluding tert-OH is 1. The molecule has 4 fully saturated rings. The molecule has 0 aromatic carbocycles. The van der Waals surface area contributed by atoms with Crippen LogP contribution in [0, 0.1) is 34.0 Å². The third kappa shape index (κ3) is 1.76. The largest absolute Gasteiger partial charge is 0.469 e. The van der Waals surface area contributed by atoms with Gasteiger partial charge in [0.15, 0.2) is 0 Å². The summed E-state index contributed by atoms with van der Waals surface area (Å²) in [4.78, 5) is 25.4. The van der Waals surface area contributed by atoms with E-state index in [1.165, 1.54) is 7.11 Å². The SMILES string of the molecule is COC(=O)[C@]1(C)CCC[C@]2(C)[C@H]1CC[C@@]13OC(=O)[C@@](C(C)C)(C[C@@H]21)[C@H]3O. The summed E-state index contributed by atoms with van der Waals surface area (Å²) in [6.07, 6.45) is 4.19. The topological polar surface area (TPSA) is 72.8 Å². The molecule has 4 rings (SSSR count). The molecule has 1 heterocycles. The standard InChI is InChI=1S/C21H32O5/c1-12(2)20-11-14-18(3)8-6-9-19(4,16(23)25-5)13(18)7-10-21(14,15(20)22)26-17(20)24/h12-15,22H,6-11H2,1-5H3/t13-,14+,15-,18-,19-,20-,21-/m1/s1. The van der Waals surface area contributed by atoms with Crippen molar-refractivity contribution in [2.75, 3.05) is 7.11 Å². The Labute approximate surface area is 155 Å². The van der Waals surface area contributed by atoms with E-state index in [4.69, 9.17) is 9.47 Å². The molecule has 1 aliphatic heterocycles. The number of rotatable bonds is 2. The Morgan fingerprint density at radius 1 is 1.23 bits per heavy atom. The summed E-state index contributed by atoms with van der Waals surface area (Å²) >= 11 is 0. The van der Waals surface area contributed by atoms with Crippen LogP contribution in [0.15, 0.2) is 0 Å². The summed E-state index contributed by atoms with van der Waals surface area (Å²) in [5.41, 5.74) is -2.18. The van der Waals surface area contributed by atoms with Gasteiger partial charge in [-0.15, -0.1) is 0 Å². The second kappa shape index (κ2) is 5.24. The second-order valence-corrected chi connectivity index (χ2v) is 10.1. The lowest BCUT2D eigenvalue weighted by atomic mass is 9.45. The second-order valence-electron chi connectivity index (χ2n) is 10.1. The Hall–Kier alpha value is -1.10. The molecule has 146 valence electrons. The summed E-state index contributed by atoms with van der Waals surface area (Å²) < 4.78 is 11.2. The maximum Gasteiger partial charge on any atom is 0.315 e. The number of carbonyl (C=O) groups excluding carboxylic acids is 2. The summed E-state index contributed by atoms with van der Waals surface area (Å²) in [5.74, 6) is -0.00415. The van der Waals surface area contributed by atoms with E-state index in [0.717, 1.165) is 25.7 Å². The minimum Gasteiger partial charge on any atom is -0.469 e. The fourth-order valence-corrected chi connectivity index (χ4v) is 7.60. The molecule has 0 radical (unpaired) electrons. The molecule has 5 heteroatoms. The molecule has 0 unspecified atom stereocenters. The number of aliphatic hydroxyl groups is 1. The van der Waals surface area contributed by atoms with Crippen molar-refractivity contribution in [3.63, 3.8) is 0 Å². The van der Waals surface area contributed by atoms with E-state index < -0.39 is 22.5 Å². The summed E-state index contributed by atoms with van der Waals surface area (Å²) in [6.45, 7) is 8.34. The molecular weight excluding hydrogens is 332 g/mol. The molecule has 3 saturated carbocycles. The molecule has 2 bridgehead atoms. The van der Waals surface area contributed by atoms with Gasteiger partial charge in [0.25, 0.3) is 0 Å². The molecule has 26 heavy (non-hydrogen) atoms. The molecule has 1 N–H and O–H groups in total. The average molecular weight is 364 g/mol. The Kier molecular flexibility index (Phi) is 3.68. The number of carbonyl (C=O) groups is 2. The lowest BCUT2D eigenvalue weighted by molar-refractivity contribution is -0.214. The number of ether oxygens (including phenoxy) is 2. The van der Waals surface area contributed by atoms with Gasteiger partial charge >= 0.3 is 11.9 Å². The minimum absolute atomic E-state index is 0.0348. The molecule has 7 atom stereocenters. The van der Waals surface area contributed by atoms with Crippen molar-refractivity contribution < 1.29 is 24.2 Å². The van der Waals surface area contributed by atoms with Crippen molar-refractivity contribution in [3.05, 3.63) is 0 Å². The van der Waals surface area contributed by atoms with E-state index in [1.807, 2.05) is 20.8 Å². The van der Waals surface area contributed by atoms with E-state index in [2.05, 4.69) is 6.92 Å². The molecule has 0 amide bonds. The number of hydrogen-bond donors (Lipinski definition) is 1.